The average Bonchev–Trinajstić information content (AvgIpc) is 2.89. The number of nitrogens with zero attached hydrogens (tertiary/aromatic N) is 1. The summed E-state index contributed by atoms with van der Waals surface area (Å²) in [6.45, 7) is 3.57. The van der Waals surface area contributed by atoms with Crippen molar-refractivity contribution >= 4 is 23.4 Å². The summed E-state index contributed by atoms with van der Waals surface area (Å²) < 4.78 is 11.1. The van der Waals surface area contributed by atoms with Gasteiger partial charge in [0.25, 0.3) is 5.91 Å². The van der Waals surface area contributed by atoms with Crippen LogP contribution in [0.1, 0.15) is 30.5 Å². The third-order valence-corrected chi connectivity index (χ3v) is 5.66. The van der Waals surface area contributed by atoms with Gasteiger partial charge in [-0.3, -0.25) is 9.59 Å². The van der Waals surface area contributed by atoms with Gasteiger partial charge in [-0.15, -0.1) is 0 Å². The number of amides is 2. The largest absolute Gasteiger partial charge is 0.482 e. The number of hydrogen-bond donors (Lipinski definition) is 1. The van der Waals surface area contributed by atoms with E-state index in [1.165, 1.54) is 0 Å². The molecule has 184 valence electrons. The maximum atomic E-state index is 13.5. The summed E-state index contributed by atoms with van der Waals surface area (Å²) in [5.74, 6) is -0.166. The van der Waals surface area contributed by atoms with Crippen LogP contribution in [0.3, 0.4) is 0 Å². The molecule has 0 saturated heterocycles. The Hall–Kier alpha value is -3.35. The minimum absolute atomic E-state index is 0.248. The smallest absolute Gasteiger partial charge is 0.261 e. The number of nitrogens with one attached hydrogen (secondary N) is 1. The highest BCUT2D eigenvalue weighted by atomic mass is 35.5. The minimum atomic E-state index is -0.828. The molecule has 1 N–H and O–H groups in total. The summed E-state index contributed by atoms with van der Waals surface area (Å²) in [4.78, 5) is 28.5. The number of para-hydroxylation sites is 1. The fourth-order valence-electron chi connectivity index (χ4n) is 3.62. The van der Waals surface area contributed by atoms with Gasteiger partial charge in [0.1, 0.15) is 11.8 Å². The second kappa shape index (κ2) is 14.1. The number of halogens is 1. The van der Waals surface area contributed by atoms with Crippen molar-refractivity contribution in [3.05, 3.63) is 101 Å². The molecule has 0 unspecified atom stereocenters. The van der Waals surface area contributed by atoms with E-state index < -0.39 is 6.04 Å². The first kappa shape index (κ1) is 26.3. The summed E-state index contributed by atoms with van der Waals surface area (Å²) in [5, 5.41) is 3.39. The second-order valence-corrected chi connectivity index (χ2v) is 8.29. The Kier molecular flexibility index (Phi) is 10.6. The van der Waals surface area contributed by atoms with E-state index >= 15 is 0 Å². The van der Waals surface area contributed by atoms with E-state index in [1.807, 2.05) is 67.6 Å². The first-order valence-electron chi connectivity index (χ1n) is 11.7. The van der Waals surface area contributed by atoms with Gasteiger partial charge in [-0.1, -0.05) is 84.4 Å². The van der Waals surface area contributed by atoms with Gasteiger partial charge in [0.2, 0.25) is 5.91 Å². The van der Waals surface area contributed by atoms with Crippen molar-refractivity contribution < 1.29 is 19.1 Å². The lowest BCUT2D eigenvalue weighted by Gasteiger charge is -2.31. The molecule has 0 aliphatic rings. The van der Waals surface area contributed by atoms with Crippen LogP contribution in [0.4, 0.5) is 0 Å². The van der Waals surface area contributed by atoms with Gasteiger partial charge in [0.05, 0.1) is 5.02 Å². The van der Waals surface area contributed by atoms with Gasteiger partial charge >= 0.3 is 0 Å². The van der Waals surface area contributed by atoms with Crippen LogP contribution in [0, 0.1) is 0 Å². The minimum Gasteiger partial charge on any atom is -0.482 e. The zero-order chi connectivity index (χ0) is 24.9. The molecule has 0 bridgehead atoms. The summed E-state index contributed by atoms with van der Waals surface area (Å²) in [6.07, 6.45) is 0.684. The zero-order valence-electron chi connectivity index (χ0n) is 19.9. The summed E-state index contributed by atoms with van der Waals surface area (Å²) >= 11 is 6.20. The molecule has 1 atom stereocenters. The monoisotopic (exact) mass is 494 g/mol. The lowest BCUT2D eigenvalue weighted by Crippen LogP contribution is -2.45. The summed E-state index contributed by atoms with van der Waals surface area (Å²) in [5.41, 5.74) is 1.63. The van der Waals surface area contributed by atoms with Crippen LogP contribution in [-0.4, -0.2) is 43.1 Å². The van der Waals surface area contributed by atoms with Crippen molar-refractivity contribution in [1.29, 1.82) is 0 Å². The average molecular weight is 495 g/mol. The lowest BCUT2D eigenvalue weighted by atomic mass is 10.0. The van der Waals surface area contributed by atoms with Crippen LogP contribution in [0.2, 0.25) is 5.02 Å². The Balaban J connectivity index is 1.85. The number of ether oxygens (including phenoxy) is 2. The Morgan fingerprint density at radius 1 is 0.943 bits per heavy atom. The highest BCUT2D eigenvalue weighted by molar-refractivity contribution is 6.32. The molecule has 0 fully saturated rings. The molecule has 0 aliphatic carbocycles. The quantitative estimate of drug-likeness (QED) is 0.338. The topological polar surface area (TPSA) is 67.9 Å². The first-order valence-corrected chi connectivity index (χ1v) is 12.1. The SMILES string of the molecule is CCOCCCNC(=O)[C@H](c1ccccc1)N(Cc1ccccc1)C(=O)COc1ccccc1Cl. The van der Waals surface area contributed by atoms with E-state index in [2.05, 4.69) is 5.32 Å². The lowest BCUT2D eigenvalue weighted by molar-refractivity contribution is -0.143. The molecule has 7 heteroatoms. The fourth-order valence-corrected chi connectivity index (χ4v) is 3.81. The molecule has 0 radical (unpaired) electrons. The highest BCUT2D eigenvalue weighted by Gasteiger charge is 2.31. The molecule has 0 aliphatic heterocycles. The van der Waals surface area contributed by atoms with Gasteiger partial charge < -0.3 is 19.7 Å². The number of carbonyl (C=O) groups is 2. The third-order valence-electron chi connectivity index (χ3n) is 5.35. The van der Waals surface area contributed by atoms with E-state index in [9.17, 15) is 9.59 Å². The molecule has 6 nitrogen and oxygen atoms in total. The second-order valence-electron chi connectivity index (χ2n) is 7.88. The molecular formula is C28H31ClN2O4. The Labute approximate surface area is 211 Å². The molecule has 0 spiro atoms. The van der Waals surface area contributed by atoms with Gasteiger partial charge in [-0.25, -0.2) is 0 Å². The standard InChI is InChI=1S/C28H31ClN2O4/c1-2-34-19-11-18-30-28(33)27(23-14-7-4-8-15-23)31(20-22-12-5-3-6-13-22)26(32)21-35-25-17-10-9-16-24(25)29/h3-10,12-17,27H,2,11,18-21H2,1H3,(H,30,33)/t27-/m0/s1. The molecule has 35 heavy (non-hydrogen) atoms. The molecule has 0 saturated carbocycles. The number of rotatable bonds is 13. The molecule has 3 rings (SSSR count). The number of benzene rings is 3. The van der Waals surface area contributed by atoms with E-state index in [0.29, 0.717) is 37.0 Å². The van der Waals surface area contributed by atoms with Crippen molar-refractivity contribution in [1.82, 2.24) is 10.2 Å². The Bertz CT molecular complexity index is 1060. The van der Waals surface area contributed by atoms with Crippen molar-refractivity contribution in [3.63, 3.8) is 0 Å². The Morgan fingerprint density at radius 2 is 1.60 bits per heavy atom. The van der Waals surface area contributed by atoms with Crippen molar-refractivity contribution in [3.8, 4) is 5.75 Å². The van der Waals surface area contributed by atoms with E-state index in [-0.39, 0.29) is 25.0 Å². The predicted molar refractivity (Wildman–Crippen MR) is 137 cm³/mol. The van der Waals surface area contributed by atoms with Crippen LogP contribution in [0.5, 0.6) is 5.75 Å². The summed E-state index contributed by atoms with van der Waals surface area (Å²) in [7, 11) is 0. The van der Waals surface area contributed by atoms with Gasteiger partial charge in [-0.2, -0.15) is 0 Å². The first-order chi connectivity index (χ1) is 17.1. The van der Waals surface area contributed by atoms with Gasteiger partial charge in [0.15, 0.2) is 6.61 Å². The van der Waals surface area contributed by atoms with Gasteiger partial charge in [0, 0.05) is 26.3 Å². The molecule has 3 aromatic rings. The molecule has 0 heterocycles. The van der Waals surface area contributed by atoms with Crippen LogP contribution < -0.4 is 10.1 Å². The zero-order valence-corrected chi connectivity index (χ0v) is 20.6. The van der Waals surface area contributed by atoms with Crippen molar-refractivity contribution in [2.24, 2.45) is 0 Å². The normalized spacial score (nSPS) is 11.5. The predicted octanol–water partition coefficient (Wildman–Crippen LogP) is 5.03. The highest BCUT2D eigenvalue weighted by Crippen LogP contribution is 2.26. The Morgan fingerprint density at radius 3 is 2.29 bits per heavy atom. The van der Waals surface area contributed by atoms with Crippen LogP contribution >= 0.6 is 11.6 Å². The van der Waals surface area contributed by atoms with Crippen LogP contribution in [-0.2, 0) is 20.9 Å². The molecule has 2 amide bonds. The van der Waals surface area contributed by atoms with E-state index in [0.717, 1.165) is 11.1 Å². The molecular weight excluding hydrogens is 464 g/mol. The molecule has 3 aromatic carbocycles. The van der Waals surface area contributed by atoms with E-state index in [1.54, 1.807) is 29.2 Å². The van der Waals surface area contributed by atoms with Gasteiger partial charge in [-0.05, 0) is 36.6 Å². The van der Waals surface area contributed by atoms with Crippen molar-refractivity contribution in [2.45, 2.75) is 25.9 Å². The number of hydrogen-bond acceptors (Lipinski definition) is 4. The summed E-state index contributed by atoms with van der Waals surface area (Å²) in [6, 6.07) is 25.0. The third kappa shape index (κ3) is 8.12. The maximum Gasteiger partial charge on any atom is 0.261 e. The van der Waals surface area contributed by atoms with E-state index in [4.69, 9.17) is 21.1 Å². The molecule has 0 aromatic heterocycles. The van der Waals surface area contributed by atoms with Crippen LogP contribution in [0.15, 0.2) is 84.9 Å². The number of carbonyl (C=O) groups excluding carboxylic acids is 2. The van der Waals surface area contributed by atoms with Crippen molar-refractivity contribution in [2.75, 3.05) is 26.4 Å². The fraction of sp³-hybridized carbons (Fsp3) is 0.286. The van der Waals surface area contributed by atoms with Crippen LogP contribution in [0.25, 0.3) is 0 Å². The maximum absolute atomic E-state index is 13.5.